The van der Waals surface area contributed by atoms with E-state index in [-0.39, 0.29) is 16.4 Å². The van der Waals surface area contributed by atoms with Crippen LogP contribution in [0.1, 0.15) is 33.4 Å². The van der Waals surface area contributed by atoms with Crippen LogP contribution in [0.25, 0.3) is 35.1 Å². The van der Waals surface area contributed by atoms with Gasteiger partial charge in [0.1, 0.15) is 0 Å². The summed E-state index contributed by atoms with van der Waals surface area (Å²) in [5, 5.41) is 13.4. The molecule has 8 heteroatoms. The fourth-order valence-electron chi connectivity index (χ4n) is 7.21. The first kappa shape index (κ1) is 39.1. The van der Waals surface area contributed by atoms with Crippen molar-refractivity contribution in [3.8, 4) is 5.75 Å². The van der Waals surface area contributed by atoms with Crippen LogP contribution in [0.15, 0.2) is 182 Å². The van der Waals surface area contributed by atoms with Crippen LogP contribution in [0.2, 0.25) is 0 Å². The number of nitrogens with zero attached hydrogens (tertiary/aromatic N) is 3. The number of hydrogen-bond donors (Lipinski definition) is 1. The number of benzene rings is 8. The lowest BCUT2D eigenvalue weighted by atomic mass is 10.00. The molecule has 0 aromatic heterocycles. The highest BCUT2D eigenvalue weighted by molar-refractivity contribution is 5.99. The predicted octanol–water partition coefficient (Wildman–Crippen LogP) is 13.8. The molecule has 0 spiro atoms. The summed E-state index contributed by atoms with van der Waals surface area (Å²) in [6.45, 7) is 4.15. The minimum Gasteiger partial charge on any atom is -0.319 e. The number of fused-ring (bicyclic) bond motifs is 1. The summed E-state index contributed by atoms with van der Waals surface area (Å²) in [5.74, 6) is 5.64. The number of nitro benzene ring substituents is 1. The molecule has 0 fully saturated rings. The van der Waals surface area contributed by atoms with Gasteiger partial charge in [-0.25, -0.2) is 0 Å². The van der Waals surface area contributed by atoms with Gasteiger partial charge in [0.05, 0.1) is 10.3 Å². The fourth-order valence-corrected chi connectivity index (χ4v) is 7.21. The van der Waals surface area contributed by atoms with E-state index in [0.717, 1.165) is 45.3 Å². The highest BCUT2D eigenvalue weighted by Crippen LogP contribution is 2.38. The molecule has 0 radical (unpaired) electrons. The number of hydrogen-bond acceptors (Lipinski definition) is 7. The topological polar surface area (TPSA) is 94.1 Å². The van der Waals surface area contributed by atoms with E-state index in [1.54, 1.807) is 18.2 Å². The van der Waals surface area contributed by atoms with Gasteiger partial charge < -0.3 is 14.7 Å². The maximum atomic E-state index is 12.5. The van der Waals surface area contributed by atoms with Crippen molar-refractivity contribution in [3.05, 3.63) is 225 Å². The van der Waals surface area contributed by atoms with Crippen LogP contribution in [0, 0.1) is 24.0 Å². The van der Waals surface area contributed by atoms with E-state index in [1.807, 2.05) is 91.0 Å². The quantitative estimate of drug-likeness (QED) is 0.0538. The lowest BCUT2D eigenvalue weighted by Gasteiger charge is -2.25. The summed E-state index contributed by atoms with van der Waals surface area (Å²) >= 11 is 0. The number of nitro groups is 1. The van der Waals surface area contributed by atoms with Gasteiger partial charge in [-0.15, -0.1) is 0 Å². The smallest absolute Gasteiger partial charge is 0.277 e. The lowest BCUT2D eigenvalue weighted by molar-refractivity contribution is -0.383. The van der Waals surface area contributed by atoms with Crippen LogP contribution in [0.3, 0.4) is 0 Å². The highest BCUT2D eigenvalue weighted by atomic mass is 17.3. The van der Waals surface area contributed by atoms with Crippen LogP contribution in [-0.2, 0) is 4.99 Å². The average Bonchev–Trinajstić information content (AvgIpc) is 3.28. The van der Waals surface area contributed by atoms with Crippen LogP contribution in [0.4, 0.5) is 39.8 Å². The van der Waals surface area contributed by atoms with Crippen molar-refractivity contribution in [1.82, 2.24) is 0 Å². The van der Waals surface area contributed by atoms with Crippen LogP contribution in [-0.4, -0.2) is 4.92 Å². The summed E-state index contributed by atoms with van der Waals surface area (Å²) in [7, 11) is 0. The van der Waals surface area contributed by atoms with E-state index in [4.69, 9.17) is 10.8 Å². The molecule has 294 valence electrons. The fraction of sp³-hybridized carbons (Fsp3) is 0.0385. The van der Waals surface area contributed by atoms with E-state index in [9.17, 15) is 10.1 Å². The summed E-state index contributed by atoms with van der Waals surface area (Å²) in [5.41, 5.74) is 11.7. The van der Waals surface area contributed by atoms with Crippen LogP contribution >= 0.6 is 0 Å². The molecule has 0 aliphatic carbocycles. The molecule has 0 saturated carbocycles. The van der Waals surface area contributed by atoms with Crippen molar-refractivity contribution in [2.24, 2.45) is 5.90 Å². The van der Waals surface area contributed by atoms with Gasteiger partial charge >= 0.3 is 0 Å². The van der Waals surface area contributed by atoms with E-state index >= 15 is 0 Å². The third-order valence-corrected chi connectivity index (χ3v) is 10.2. The van der Waals surface area contributed by atoms with E-state index in [1.165, 1.54) is 11.1 Å². The Morgan fingerprint density at radius 3 is 1.25 bits per heavy atom. The van der Waals surface area contributed by atoms with Crippen molar-refractivity contribution in [3.63, 3.8) is 0 Å². The number of anilines is 6. The summed E-state index contributed by atoms with van der Waals surface area (Å²) < 4.78 is 0. The maximum Gasteiger partial charge on any atom is 0.277 e. The van der Waals surface area contributed by atoms with Gasteiger partial charge in [0.2, 0.25) is 0 Å². The zero-order valence-corrected chi connectivity index (χ0v) is 33.2. The lowest BCUT2D eigenvalue weighted by Crippen LogP contribution is -2.09. The Morgan fingerprint density at radius 2 is 0.833 bits per heavy atom. The predicted molar refractivity (Wildman–Crippen MR) is 246 cm³/mol. The molecule has 2 N–H and O–H groups in total. The molecule has 8 nitrogen and oxygen atoms in total. The van der Waals surface area contributed by atoms with Gasteiger partial charge in [0.25, 0.3) is 5.69 Å². The van der Waals surface area contributed by atoms with Gasteiger partial charge in [-0.3, -0.25) is 10.1 Å². The van der Waals surface area contributed by atoms with Crippen molar-refractivity contribution in [2.75, 3.05) is 9.80 Å². The Bertz CT molecular complexity index is 2790. The second-order valence-electron chi connectivity index (χ2n) is 14.5. The van der Waals surface area contributed by atoms with Gasteiger partial charge in [-0.2, -0.15) is 5.90 Å². The first-order valence-corrected chi connectivity index (χ1v) is 19.5. The molecule has 8 aromatic carbocycles. The van der Waals surface area contributed by atoms with E-state index < -0.39 is 0 Å². The number of aryl methyl sites for hydroxylation is 2. The Hall–Kier alpha value is -7.78. The van der Waals surface area contributed by atoms with Crippen molar-refractivity contribution in [2.45, 2.75) is 13.8 Å². The van der Waals surface area contributed by atoms with Crippen molar-refractivity contribution < 1.29 is 14.8 Å². The van der Waals surface area contributed by atoms with Crippen LogP contribution < -0.4 is 20.6 Å². The molecule has 8 aromatic rings. The number of nitrogens with two attached hydrogens (primary N) is 1. The highest BCUT2D eigenvalue weighted by Gasteiger charge is 2.19. The number of non-ortho nitro benzene ring substituents is 1. The van der Waals surface area contributed by atoms with Gasteiger partial charge in [-0.1, -0.05) is 125 Å². The SMILES string of the molecule is Cc1ccc(N(c2ccccc2)c2ccc(/C=C\c3cc([N+](=O)[O-])c4cc(/C=C\c5ccc(N(c6ccccc6)c6ccc(C)cc6)cc5)cc(OON)c4c3)cc2)cc1. The van der Waals surface area contributed by atoms with Gasteiger partial charge in [-0.05, 0) is 127 Å². The zero-order chi connectivity index (χ0) is 41.4. The third-order valence-electron chi connectivity index (χ3n) is 10.2. The molecule has 0 amide bonds. The Morgan fingerprint density at radius 1 is 0.467 bits per heavy atom. The average molecular weight is 787 g/mol. The van der Waals surface area contributed by atoms with Gasteiger partial charge in [0, 0.05) is 45.6 Å². The number of rotatable bonds is 13. The molecule has 0 unspecified atom stereocenters. The standard InChI is InChI=1S/C52H42N4O4/c1-37-13-25-45(26-14-37)54(43-9-5-3-6-10-43)47-29-21-39(22-30-47)17-19-41-34-50-49(51(35-41)56(57)58)33-42(36-52(50)59-60-53)20-18-40-23-31-48(32-24-40)55(44-11-7-4-8-12-44)46-27-15-38(2)16-28-46/h3-36H,53H2,1-2H3/b19-17-,20-18-. The van der Waals surface area contributed by atoms with E-state index in [0.29, 0.717) is 21.9 Å². The molecule has 0 saturated heterocycles. The molecule has 8 rings (SSSR count). The van der Waals surface area contributed by atoms with Crippen LogP contribution in [0.5, 0.6) is 5.75 Å². The minimum absolute atomic E-state index is 0.0716. The zero-order valence-electron chi connectivity index (χ0n) is 33.2. The second-order valence-corrected chi connectivity index (χ2v) is 14.5. The van der Waals surface area contributed by atoms with Crippen molar-refractivity contribution >= 4 is 74.9 Å². The molecule has 60 heavy (non-hydrogen) atoms. The van der Waals surface area contributed by atoms with E-state index in [2.05, 4.69) is 126 Å². The summed E-state index contributed by atoms with van der Waals surface area (Å²) in [6, 6.07) is 60.6. The molecular formula is C52H42N4O4. The Balaban J connectivity index is 1.06. The molecular weight excluding hydrogens is 745 g/mol. The first-order chi connectivity index (χ1) is 29.3. The largest absolute Gasteiger partial charge is 0.319 e. The maximum absolute atomic E-state index is 12.5. The molecule has 0 atom stereocenters. The number of para-hydroxylation sites is 2. The van der Waals surface area contributed by atoms with Gasteiger partial charge in [0.15, 0.2) is 5.75 Å². The molecule has 0 bridgehead atoms. The van der Waals surface area contributed by atoms with Crippen molar-refractivity contribution in [1.29, 1.82) is 0 Å². The summed E-state index contributed by atoms with van der Waals surface area (Å²) in [4.78, 5) is 26.6. The third kappa shape index (κ3) is 8.85. The molecule has 0 aliphatic rings. The Kier molecular flexibility index (Phi) is 11.6. The molecule has 0 aliphatic heterocycles. The molecule has 0 heterocycles. The normalized spacial score (nSPS) is 11.3. The monoisotopic (exact) mass is 786 g/mol. The minimum atomic E-state index is -0.385. The summed E-state index contributed by atoms with van der Waals surface area (Å²) in [6.07, 6.45) is 7.60. The first-order valence-electron chi connectivity index (χ1n) is 19.5. The second kappa shape index (κ2) is 17.8. The Labute approximate surface area is 349 Å².